The van der Waals surface area contributed by atoms with E-state index in [1.165, 1.54) is 13.0 Å². The first-order valence-electron chi connectivity index (χ1n) is 4.60. The highest BCUT2D eigenvalue weighted by atomic mass is 31.2. The first-order valence-corrected chi connectivity index (χ1v) is 6.16. The van der Waals surface area contributed by atoms with Crippen LogP contribution in [0.25, 0.3) is 0 Å². The zero-order chi connectivity index (χ0) is 16.1. The van der Waals surface area contributed by atoms with Crippen LogP contribution >= 0.6 is 7.82 Å². The molecule has 0 saturated carbocycles. The van der Waals surface area contributed by atoms with Crippen molar-refractivity contribution in [2.45, 2.75) is 13.3 Å². The molecule has 6 N–H and O–H groups in total. The van der Waals surface area contributed by atoms with Crippen molar-refractivity contribution in [2.24, 2.45) is 0 Å². The van der Waals surface area contributed by atoms with E-state index in [1.807, 2.05) is 0 Å². The predicted octanol–water partition coefficient (Wildman–Crippen LogP) is -0.272. The van der Waals surface area contributed by atoms with E-state index in [0.717, 1.165) is 6.08 Å². The van der Waals surface area contributed by atoms with Crippen molar-refractivity contribution < 1.29 is 44.2 Å². The van der Waals surface area contributed by atoms with Gasteiger partial charge in [0.25, 0.3) is 0 Å². The summed E-state index contributed by atoms with van der Waals surface area (Å²) < 4.78 is 8.88. The fourth-order valence-corrected chi connectivity index (χ4v) is 0.368. The molecule has 0 aromatic heterocycles. The molecule has 0 rings (SSSR count). The summed E-state index contributed by atoms with van der Waals surface area (Å²) in [5.74, 6) is -1.91. The SMILES string of the molecule is C=CC(=O)O.CC(=CCCO)C(=O)O.O=P(O)(O)O. The lowest BCUT2D eigenvalue weighted by Gasteiger charge is -1.89. The average Bonchev–Trinajstić information content (AvgIpc) is 2.24. The zero-order valence-electron chi connectivity index (χ0n) is 10.1. The highest BCUT2D eigenvalue weighted by molar-refractivity contribution is 7.45. The quantitative estimate of drug-likeness (QED) is 0.301. The van der Waals surface area contributed by atoms with Crippen LogP contribution < -0.4 is 0 Å². The lowest BCUT2D eigenvalue weighted by molar-refractivity contribution is -0.133. The van der Waals surface area contributed by atoms with Crippen LogP contribution in [0.3, 0.4) is 0 Å². The minimum Gasteiger partial charge on any atom is -0.478 e. The largest absolute Gasteiger partial charge is 0.478 e. The van der Waals surface area contributed by atoms with Crippen molar-refractivity contribution >= 4 is 19.8 Å². The normalized spacial score (nSPS) is 10.3. The van der Waals surface area contributed by atoms with E-state index >= 15 is 0 Å². The van der Waals surface area contributed by atoms with Gasteiger partial charge in [-0.3, -0.25) is 0 Å². The number of hydrogen-bond donors (Lipinski definition) is 6. The molecule has 0 aromatic carbocycles. The highest BCUT2D eigenvalue weighted by Crippen LogP contribution is 2.25. The van der Waals surface area contributed by atoms with Gasteiger partial charge in [-0.25, -0.2) is 14.2 Å². The molecule has 19 heavy (non-hydrogen) atoms. The zero-order valence-corrected chi connectivity index (χ0v) is 11.0. The van der Waals surface area contributed by atoms with Gasteiger partial charge < -0.3 is 30.0 Å². The molecule has 0 amide bonds. The Labute approximate surface area is 109 Å². The molecule has 0 spiro atoms. The molecule has 112 valence electrons. The van der Waals surface area contributed by atoms with Gasteiger partial charge in [-0.2, -0.15) is 0 Å². The molecule has 0 unspecified atom stereocenters. The number of rotatable bonds is 4. The maximum Gasteiger partial charge on any atom is 0.466 e. The van der Waals surface area contributed by atoms with Gasteiger partial charge in [-0.1, -0.05) is 12.7 Å². The van der Waals surface area contributed by atoms with Gasteiger partial charge in [0.1, 0.15) is 0 Å². The highest BCUT2D eigenvalue weighted by Gasteiger charge is 2.00. The molecule has 0 fully saturated rings. The monoisotopic (exact) mass is 300 g/mol. The van der Waals surface area contributed by atoms with Crippen LogP contribution in [0.2, 0.25) is 0 Å². The van der Waals surface area contributed by atoms with Gasteiger partial charge in [-0.15, -0.1) is 0 Å². The summed E-state index contributed by atoms with van der Waals surface area (Å²) in [5.41, 5.74) is 0.282. The van der Waals surface area contributed by atoms with E-state index in [2.05, 4.69) is 6.58 Å². The predicted molar refractivity (Wildman–Crippen MR) is 65.2 cm³/mol. The van der Waals surface area contributed by atoms with Crippen molar-refractivity contribution in [3.8, 4) is 0 Å². The van der Waals surface area contributed by atoms with Gasteiger partial charge in [0.15, 0.2) is 0 Å². The molecule has 0 atom stereocenters. The summed E-state index contributed by atoms with van der Waals surface area (Å²) in [7, 11) is -4.64. The third-order valence-electron chi connectivity index (χ3n) is 1.09. The van der Waals surface area contributed by atoms with Crippen LogP contribution in [0.15, 0.2) is 24.3 Å². The molecule has 0 heterocycles. The Hall–Kier alpha value is -1.51. The average molecular weight is 300 g/mol. The molecule has 0 aliphatic heterocycles. The van der Waals surface area contributed by atoms with Gasteiger partial charge in [0.05, 0.1) is 0 Å². The second kappa shape index (κ2) is 12.9. The number of aliphatic hydroxyl groups excluding tert-OH is 1. The van der Waals surface area contributed by atoms with Crippen LogP contribution in [0.1, 0.15) is 13.3 Å². The van der Waals surface area contributed by atoms with E-state index in [1.54, 1.807) is 0 Å². The van der Waals surface area contributed by atoms with Gasteiger partial charge in [0, 0.05) is 18.3 Å². The molecule has 0 radical (unpaired) electrons. The first kappa shape index (κ1) is 22.7. The number of carboxylic acid groups (broad SMARTS) is 2. The van der Waals surface area contributed by atoms with Gasteiger partial charge in [-0.05, 0) is 13.3 Å². The van der Waals surface area contributed by atoms with Gasteiger partial charge in [0.2, 0.25) is 0 Å². The Morgan fingerprint density at radius 3 is 1.68 bits per heavy atom. The fourth-order valence-electron chi connectivity index (χ4n) is 0.368. The number of carbonyl (C=O) groups is 2. The Balaban J connectivity index is -0.000000219. The third-order valence-corrected chi connectivity index (χ3v) is 1.09. The Bertz CT molecular complexity index is 346. The fraction of sp³-hybridized carbons (Fsp3) is 0.333. The summed E-state index contributed by atoms with van der Waals surface area (Å²) in [5, 5.41) is 24.1. The van der Waals surface area contributed by atoms with Crippen molar-refractivity contribution in [3.63, 3.8) is 0 Å². The molecule has 9 nitrogen and oxygen atoms in total. The van der Waals surface area contributed by atoms with Gasteiger partial charge >= 0.3 is 19.8 Å². The summed E-state index contributed by atoms with van der Waals surface area (Å²) in [6.07, 6.45) is 2.74. The van der Waals surface area contributed by atoms with Crippen LogP contribution in [0.4, 0.5) is 0 Å². The van der Waals surface area contributed by atoms with E-state index in [-0.39, 0.29) is 12.2 Å². The maximum atomic E-state index is 10.1. The molecular weight excluding hydrogens is 283 g/mol. The number of phosphoric acid groups is 1. The van der Waals surface area contributed by atoms with E-state index in [9.17, 15) is 9.59 Å². The Kier molecular flexibility index (Phi) is 15.4. The van der Waals surface area contributed by atoms with E-state index in [0.29, 0.717) is 6.42 Å². The molecule has 0 saturated heterocycles. The number of aliphatic carboxylic acids is 2. The molecule has 0 bridgehead atoms. The molecular formula is C9H17O9P. The summed E-state index contributed by atoms with van der Waals surface area (Å²) in [6, 6.07) is 0. The molecule has 0 aliphatic carbocycles. The minimum absolute atomic E-state index is 0.00458. The van der Waals surface area contributed by atoms with E-state index < -0.39 is 19.8 Å². The van der Waals surface area contributed by atoms with Crippen molar-refractivity contribution in [2.75, 3.05) is 6.61 Å². The molecule has 10 heteroatoms. The minimum atomic E-state index is -4.64. The number of hydrogen-bond acceptors (Lipinski definition) is 4. The third kappa shape index (κ3) is 48.0. The van der Waals surface area contributed by atoms with Crippen LogP contribution in [0.5, 0.6) is 0 Å². The van der Waals surface area contributed by atoms with Crippen molar-refractivity contribution in [1.82, 2.24) is 0 Å². The van der Waals surface area contributed by atoms with Crippen LogP contribution in [0, 0.1) is 0 Å². The lowest BCUT2D eigenvalue weighted by atomic mass is 10.2. The standard InChI is InChI=1S/C6H10O3.C3H4O2.H3O4P/c1-5(6(8)9)3-2-4-7;1-2-3(4)5;1-5(2,3)4/h3,7H,2,4H2,1H3,(H,8,9);2H,1H2,(H,4,5);(H3,1,2,3,4). The Morgan fingerprint density at radius 2 is 1.53 bits per heavy atom. The second-order valence-electron chi connectivity index (χ2n) is 2.76. The topological polar surface area (TPSA) is 173 Å². The summed E-state index contributed by atoms with van der Waals surface area (Å²) in [4.78, 5) is 40.9. The lowest BCUT2D eigenvalue weighted by Crippen LogP contribution is -1.95. The van der Waals surface area contributed by atoms with E-state index in [4.69, 9.17) is 34.6 Å². The summed E-state index contributed by atoms with van der Waals surface area (Å²) >= 11 is 0. The smallest absolute Gasteiger partial charge is 0.466 e. The van der Waals surface area contributed by atoms with Crippen LogP contribution in [-0.2, 0) is 14.2 Å². The number of aliphatic hydroxyl groups is 1. The summed E-state index contributed by atoms with van der Waals surface area (Å²) in [6.45, 7) is 4.46. The first-order chi connectivity index (χ1) is 8.45. The molecule has 0 aliphatic rings. The Morgan fingerprint density at radius 1 is 1.21 bits per heavy atom. The number of carboxylic acids is 2. The second-order valence-corrected chi connectivity index (χ2v) is 3.79. The maximum absolute atomic E-state index is 10.1. The van der Waals surface area contributed by atoms with Crippen molar-refractivity contribution in [3.05, 3.63) is 24.3 Å². The molecule has 0 aromatic rings. The van der Waals surface area contributed by atoms with Crippen molar-refractivity contribution in [1.29, 1.82) is 0 Å². The van der Waals surface area contributed by atoms with Crippen LogP contribution in [-0.4, -0.2) is 48.5 Å².